The number of rotatable bonds is 3. The Morgan fingerprint density at radius 1 is 1.28 bits per heavy atom. The topological polar surface area (TPSA) is 58.2 Å². The van der Waals surface area contributed by atoms with Gasteiger partial charge in [-0.3, -0.25) is 0 Å². The summed E-state index contributed by atoms with van der Waals surface area (Å²) in [7, 11) is -3.36. The molecule has 102 valence electrons. The van der Waals surface area contributed by atoms with Gasteiger partial charge in [0.25, 0.3) is 0 Å². The van der Waals surface area contributed by atoms with Gasteiger partial charge in [0.05, 0.1) is 4.90 Å². The van der Waals surface area contributed by atoms with Gasteiger partial charge in [0.2, 0.25) is 10.0 Å². The van der Waals surface area contributed by atoms with Crippen LogP contribution in [0, 0.1) is 3.57 Å². The van der Waals surface area contributed by atoms with E-state index in [0.717, 1.165) is 29.5 Å². The second-order valence-corrected chi connectivity index (χ2v) is 7.06. The number of nitrogens with one attached hydrogen (secondary N) is 2. The lowest BCUT2D eigenvalue weighted by Crippen LogP contribution is -2.42. The molecule has 0 radical (unpaired) electrons. The first-order valence-electron chi connectivity index (χ1n) is 5.56. The molecule has 7 heteroatoms. The summed E-state index contributed by atoms with van der Waals surface area (Å²) in [5.41, 5.74) is 0. The van der Waals surface area contributed by atoms with E-state index in [9.17, 15) is 8.42 Å². The molecular formula is C11H16ClIN2O2S. The SMILES string of the molecule is Cl.O=S(=O)(NC1CCNCC1)c1cccc(I)c1. The molecule has 0 atom stereocenters. The van der Waals surface area contributed by atoms with E-state index < -0.39 is 10.0 Å². The largest absolute Gasteiger partial charge is 0.317 e. The third-order valence-corrected chi connectivity index (χ3v) is 4.96. The van der Waals surface area contributed by atoms with E-state index in [4.69, 9.17) is 0 Å². The fraction of sp³-hybridized carbons (Fsp3) is 0.455. The van der Waals surface area contributed by atoms with Crippen molar-refractivity contribution in [1.29, 1.82) is 0 Å². The quantitative estimate of drug-likeness (QED) is 0.757. The summed E-state index contributed by atoms with van der Waals surface area (Å²) in [4.78, 5) is 0.350. The van der Waals surface area contributed by atoms with Crippen LogP contribution in [-0.4, -0.2) is 27.5 Å². The van der Waals surface area contributed by atoms with Crippen LogP contribution in [0.4, 0.5) is 0 Å². The van der Waals surface area contributed by atoms with Gasteiger partial charge in [-0.1, -0.05) is 6.07 Å². The molecule has 0 aliphatic carbocycles. The van der Waals surface area contributed by atoms with Crippen molar-refractivity contribution in [3.8, 4) is 0 Å². The van der Waals surface area contributed by atoms with E-state index in [0.29, 0.717) is 4.90 Å². The van der Waals surface area contributed by atoms with Crippen molar-refractivity contribution in [1.82, 2.24) is 10.0 Å². The van der Waals surface area contributed by atoms with Gasteiger partial charge in [0, 0.05) is 9.61 Å². The van der Waals surface area contributed by atoms with Crippen LogP contribution in [0.25, 0.3) is 0 Å². The minimum Gasteiger partial charge on any atom is -0.317 e. The molecule has 2 rings (SSSR count). The molecule has 1 aliphatic rings. The van der Waals surface area contributed by atoms with Crippen molar-refractivity contribution in [3.05, 3.63) is 27.8 Å². The van der Waals surface area contributed by atoms with Gasteiger partial charge >= 0.3 is 0 Å². The zero-order valence-electron chi connectivity index (χ0n) is 9.73. The maximum absolute atomic E-state index is 12.1. The van der Waals surface area contributed by atoms with Crippen LogP contribution < -0.4 is 10.0 Å². The van der Waals surface area contributed by atoms with Gasteiger partial charge in [-0.05, 0) is 66.7 Å². The first-order valence-corrected chi connectivity index (χ1v) is 8.13. The van der Waals surface area contributed by atoms with Crippen molar-refractivity contribution in [3.63, 3.8) is 0 Å². The fourth-order valence-corrected chi connectivity index (χ4v) is 3.97. The molecule has 1 aliphatic heterocycles. The van der Waals surface area contributed by atoms with Gasteiger partial charge in [-0.15, -0.1) is 12.4 Å². The van der Waals surface area contributed by atoms with Gasteiger partial charge < -0.3 is 5.32 Å². The lowest BCUT2D eigenvalue weighted by Gasteiger charge is -2.23. The molecule has 2 N–H and O–H groups in total. The average Bonchev–Trinajstić information content (AvgIpc) is 2.30. The maximum atomic E-state index is 12.1. The molecule has 0 saturated carbocycles. The van der Waals surface area contributed by atoms with Crippen LogP contribution in [0.15, 0.2) is 29.2 Å². The third kappa shape index (κ3) is 4.34. The Morgan fingerprint density at radius 3 is 2.56 bits per heavy atom. The first-order chi connectivity index (χ1) is 8.08. The molecule has 1 fully saturated rings. The summed E-state index contributed by atoms with van der Waals surface area (Å²) in [6.45, 7) is 1.75. The Bertz CT molecular complexity index is 490. The monoisotopic (exact) mass is 402 g/mol. The predicted octanol–water partition coefficient (Wildman–Crippen LogP) is 1.74. The number of hydrogen-bond donors (Lipinski definition) is 2. The van der Waals surface area contributed by atoms with Crippen LogP contribution in [0.5, 0.6) is 0 Å². The lowest BCUT2D eigenvalue weighted by atomic mass is 10.1. The Kier molecular flexibility index (Phi) is 6.32. The molecular weight excluding hydrogens is 387 g/mol. The normalized spacial score (nSPS) is 17.2. The zero-order valence-corrected chi connectivity index (χ0v) is 13.5. The Hall–Kier alpha value is 0.110. The van der Waals surface area contributed by atoms with Crippen LogP contribution in [-0.2, 0) is 10.0 Å². The smallest absolute Gasteiger partial charge is 0.240 e. The van der Waals surface area contributed by atoms with Crippen molar-refractivity contribution >= 4 is 45.0 Å². The fourth-order valence-electron chi connectivity index (χ4n) is 1.86. The number of piperidine rings is 1. The molecule has 0 amide bonds. The third-order valence-electron chi connectivity index (χ3n) is 2.77. The van der Waals surface area contributed by atoms with Crippen molar-refractivity contribution in [2.75, 3.05) is 13.1 Å². The number of benzene rings is 1. The molecule has 0 unspecified atom stereocenters. The van der Waals surface area contributed by atoms with Crippen molar-refractivity contribution in [2.24, 2.45) is 0 Å². The Labute approximate surface area is 128 Å². The van der Waals surface area contributed by atoms with Gasteiger partial charge in [0.1, 0.15) is 0 Å². The molecule has 1 aromatic rings. The van der Waals surface area contributed by atoms with Crippen LogP contribution in [0.1, 0.15) is 12.8 Å². The second kappa shape index (κ2) is 7.04. The number of sulfonamides is 1. The van der Waals surface area contributed by atoms with E-state index in [1.165, 1.54) is 0 Å². The van der Waals surface area contributed by atoms with E-state index in [-0.39, 0.29) is 18.4 Å². The number of hydrogen-bond acceptors (Lipinski definition) is 3. The molecule has 4 nitrogen and oxygen atoms in total. The van der Waals surface area contributed by atoms with Crippen LogP contribution in [0.3, 0.4) is 0 Å². The minimum absolute atomic E-state index is 0. The van der Waals surface area contributed by atoms with E-state index >= 15 is 0 Å². The minimum atomic E-state index is -3.36. The van der Waals surface area contributed by atoms with Crippen LogP contribution in [0.2, 0.25) is 0 Å². The molecule has 1 saturated heterocycles. The van der Waals surface area contributed by atoms with E-state index in [2.05, 4.69) is 32.6 Å². The molecule has 1 aromatic carbocycles. The highest BCUT2D eigenvalue weighted by Crippen LogP contribution is 2.15. The average molecular weight is 403 g/mol. The standard InChI is InChI=1S/C11H15IN2O2S.ClH/c12-9-2-1-3-11(8-9)17(15,16)14-10-4-6-13-7-5-10;/h1-3,8,10,13-14H,4-7H2;1H. The highest BCUT2D eigenvalue weighted by molar-refractivity contribution is 14.1. The van der Waals surface area contributed by atoms with Crippen molar-refractivity contribution in [2.45, 2.75) is 23.8 Å². The summed E-state index contributed by atoms with van der Waals surface area (Å²) in [5.74, 6) is 0. The Balaban J connectivity index is 0.00000162. The molecule has 1 heterocycles. The van der Waals surface area contributed by atoms with E-state index in [1.807, 2.05) is 6.07 Å². The second-order valence-electron chi connectivity index (χ2n) is 4.10. The summed E-state index contributed by atoms with van der Waals surface area (Å²) in [6.07, 6.45) is 1.70. The van der Waals surface area contributed by atoms with Crippen LogP contribution >= 0.6 is 35.0 Å². The van der Waals surface area contributed by atoms with E-state index in [1.54, 1.807) is 18.2 Å². The van der Waals surface area contributed by atoms with Crippen molar-refractivity contribution < 1.29 is 8.42 Å². The molecule has 0 aromatic heterocycles. The summed E-state index contributed by atoms with van der Waals surface area (Å²) in [6, 6.07) is 7.01. The summed E-state index contributed by atoms with van der Waals surface area (Å²) >= 11 is 2.11. The van der Waals surface area contributed by atoms with Gasteiger partial charge in [-0.25, -0.2) is 13.1 Å². The lowest BCUT2D eigenvalue weighted by molar-refractivity contribution is 0.427. The first kappa shape index (κ1) is 16.2. The Morgan fingerprint density at radius 2 is 1.94 bits per heavy atom. The molecule has 0 bridgehead atoms. The highest BCUT2D eigenvalue weighted by atomic mass is 127. The highest BCUT2D eigenvalue weighted by Gasteiger charge is 2.21. The number of halogens is 2. The van der Waals surface area contributed by atoms with Gasteiger partial charge in [0.15, 0.2) is 0 Å². The summed E-state index contributed by atoms with van der Waals surface area (Å²) in [5, 5.41) is 3.21. The predicted molar refractivity (Wildman–Crippen MR) is 82.6 cm³/mol. The molecule has 18 heavy (non-hydrogen) atoms. The maximum Gasteiger partial charge on any atom is 0.240 e. The summed E-state index contributed by atoms with van der Waals surface area (Å²) < 4.78 is 27.9. The van der Waals surface area contributed by atoms with Gasteiger partial charge in [-0.2, -0.15) is 0 Å². The zero-order chi connectivity index (χ0) is 12.3. The molecule has 0 spiro atoms.